The summed E-state index contributed by atoms with van der Waals surface area (Å²) in [6, 6.07) is 20.4. The maximum atomic E-state index is 11.3. The van der Waals surface area contributed by atoms with Crippen molar-refractivity contribution in [3.63, 3.8) is 0 Å². The van der Waals surface area contributed by atoms with Gasteiger partial charge in [0, 0.05) is 18.2 Å². The second kappa shape index (κ2) is 7.04. The van der Waals surface area contributed by atoms with Gasteiger partial charge in [0.15, 0.2) is 6.10 Å². The highest BCUT2D eigenvalue weighted by Crippen LogP contribution is 2.26. The number of rotatable bonds is 5. The smallest absolute Gasteiger partial charge is 0.300 e. The molecule has 132 valence electrons. The summed E-state index contributed by atoms with van der Waals surface area (Å²) in [5.74, 6) is 1.14. The molecule has 1 aliphatic heterocycles. The number of hydrogen-bond acceptors (Lipinski definition) is 4. The van der Waals surface area contributed by atoms with Crippen LogP contribution in [0.5, 0.6) is 11.8 Å². The van der Waals surface area contributed by atoms with Gasteiger partial charge >= 0.3 is 0 Å². The SMILES string of the molecule is CC(c1ccccc1)c1ccc(OCC2Cn3ccc(=O)nc3O2)cc1. The Hall–Kier alpha value is -3.08. The fourth-order valence-electron chi connectivity index (χ4n) is 3.11. The van der Waals surface area contributed by atoms with Crippen LogP contribution >= 0.6 is 0 Å². The Labute approximate surface area is 151 Å². The van der Waals surface area contributed by atoms with Crippen LogP contribution in [0.15, 0.2) is 71.7 Å². The van der Waals surface area contributed by atoms with Crippen LogP contribution in [0.25, 0.3) is 0 Å². The van der Waals surface area contributed by atoms with E-state index in [1.807, 2.05) is 22.8 Å². The summed E-state index contributed by atoms with van der Waals surface area (Å²) in [6.07, 6.45) is 1.55. The van der Waals surface area contributed by atoms with Gasteiger partial charge in [-0.05, 0) is 23.3 Å². The summed E-state index contributed by atoms with van der Waals surface area (Å²) in [7, 11) is 0. The molecule has 2 aromatic carbocycles. The van der Waals surface area contributed by atoms with E-state index in [9.17, 15) is 4.79 Å². The molecule has 5 nitrogen and oxygen atoms in total. The van der Waals surface area contributed by atoms with Crippen molar-refractivity contribution in [2.24, 2.45) is 0 Å². The molecule has 0 radical (unpaired) electrons. The third kappa shape index (κ3) is 3.47. The van der Waals surface area contributed by atoms with E-state index in [0.717, 1.165) is 5.75 Å². The van der Waals surface area contributed by atoms with Gasteiger partial charge in [-0.15, -0.1) is 0 Å². The number of fused-ring (bicyclic) bond motifs is 1. The van der Waals surface area contributed by atoms with Crippen molar-refractivity contribution < 1.29 is 9.47 Å². The van der Waals surface area contributed by atoms with E-state index in [1.54, 1.807) is 6.20 Å². The summed E-state index contributed by atoms with van der Waals surface area (Å²) < 4.78 is 13.3. The van der Waals surface area contributed by atoms with Crippen molar-refractivity contribution in [1.29, 1.82) is 0 Å². The first-order valence-corrected chi connectivity index (χ1v) is 8.71. The molecule has 3 aromatic rings. The summed E-state index contributed by atoms with van der Waals surface area (Å²) in [5, 5.41) is 0. The molecule has 0 amide bonds. The van der Waals surface area contributed by atoms with Crippen LogP contribution in [0.3, 0.4) is 0 Å². The molecular formula is C21H20N2O3. The molecule has 26 heavy (non-hydrogen) atoms. The van der Waals surface area contributed by atoms with Gasteiger partial charge in [0.1, 0.15) is 12.4 Å². The minimum absolute atomic E-state index is 0.146. The van der Waals surface area contributed by atoms with Crippen molar-refractivity contribution in [2.45, 2.75) is 25.5 Å². The maximum Gasteiger partial charge on any atom is 0.300 e. The lowest BCUT2D eigenvalue weighted by atomic mass is 9.93. The highest BCUT2D eigenvalue weighted by atomic mass is 16.6. The van der Waals surface area contributed by atoms with E-state index in [2.05, 4.69) is 48.3 Å². The normalized spacial score (nSPS) is 16.6. The number of nitrogens with zero attached hydrogens (tertiary/aromatic N) is 2. The molecule has 0 saturated heterocycles. The molecule has 2 unspecified atom stereocenters. The summed E-state index contributed by atoms with van der Waals surface area (Å²) in [6.45, 7) is 3.24. The first-order valence-electron chi connectivity index (χ1n) is 8.71. The Morgan fingerprint density at radius 2 is 1.85 bits per heavy atom. The molecule has 1 aromatic heterocycles. The van der Waals surface area contributed by atoms with Crippen LogP contribution in [-0.2, 0) is 6.54 Å². The van der Waals surface area contributed by atoms with E-state index in [-0.39, 0.29) is 11.7 Å². The number of ether oxygens (including phenoxy) is 2. The Balaban J connectivity index is 1.36. The predicted molar refractivity (Wildman–Crippen MR) is 98.8 cm³/mol. The molecule has 0 aliphatic carbocycles. The van der Waals surface area contributed by atoms with Crippen molar-refractivity contribution in [1.82, 2.24) is 9.55 Å². The van der Waals surface area contributed by atoms with Crippen LogP contribution in [-0.4, -0.2) is 22.3 Å². The molecule has 4 rings (SSSR count). The lowest BCUT2D eigenvalue weighted by molar-refractivity contribution is 0.143. The van der Waals surface area contributed by atoms with E-state index in [1.165, 1.54) is 17.2 Å². The van der Waals surface area contributed by atoms with Crippen LogP contribution in [0.2, 0.25) is 0 Å². The Kier molecular flexibility index (Phi) is 4.44. The zero-order valence-electron chi connectivity index (χ0n) is 14.5. The highest BCUT2D eigenvalue weighted by molar-refractivity contribution is 5.35. The van der Waals surface area contributed by atoms with Crippen molar-refractivity contribution in [2.75, 3.05) is 6.61 Å². The van der Waals surface area contributed by atoms with Gasteiger partial charge in [-0.2, -0.15) is 4.98 Å². The van der Waals surface area contributed by atoms with Gasteiger partial charge in [-0.3, -0.25) is 9.36 Å². The van der Waals surface area contributed by atoms with Crippen LogP contribution in [0.1, 0.15) is 24.0 Å². The molecule has 5 heteroatoms. The summed E-state index contributed by atoms with van der Waals surface area (Å²) in [5.41, 5.74) is 2.25. The van der Waals surface area contributed by atoms with E-state index >= 15 is 0 Å². The molecule has 2 atom stereocenters. The summed E-state index contributed by atoms with van der Waals surface area (Å²) in [4.78, 5) is 15.1. The lowest BCUT2D eigenvalue weighted by Crippen LogP contribution is -2.23. The fourth-order valence-corrected chi connectivity index (χ4v) is 3.11. The molecule has 1 aliphatic rings. The lowest BCUT2D eigenvalue weighted by Gasteiger charge is -2.14. The number of benzene rings is 2. The first-order chi connectivity index (χ1) is 12.7. The van der Waals surface area contributed by atoms with Crippen molar-refractivity contribution in [3.05, 3.63) is 88.3 Å². The fraction of sp³-hybridized carbons (Fsp3) is 0.238. The van der Waals surface area contributed by atoms with Gasteiger partial charge < -0.3 is 9.47 Å². The van der Waals surface area contributed by atoms with E-state index < -0.39 is 0 Å². The first kappa shape index (κ1) is 16.4. The van der Waals surface area contributed by atoms with Gasteiger partial charge in [0.2, 0.25) is 0 Å². The van der Waals surface area contributed by atoms with Crippen LogP contribution in [0.4, 0.5) is 0 Å². The molecule has 0 bridgehead atoms. The molecular weight excluding hydrogens is 328 g/mol. The van der Waals surface area contributed by atoms with Gasteiger partial charge in [0.05, 0.1) is 6.54 Å². The van der Waals surface area contributed by atoms with Gasteiger partial charge in [-0.1, -0.05) is 49.4 Å². The molecule has 0 fully saturated rings. The molecule has 0 spiro atoms. The molecule has 2 heterocycles. The quantitative estimate of drug-likeness (QED) is 0.710. The topological polar surface area (TPSA) is 53.4 Å². The molecule has 0 saturated carbocycles. The zero-order valence-corrected chi connectivity index (χ0v) is 14.5. The van der Waals surface area contributed by atoms with E-state index in [0.29, 0.717) is 25.1 Å². The average Bonchev–Trinajstić information content (AvgIpc) is 3.09. The highest BCUT2D eigenvalue weighted by Gasteiger charge is 2.23. The van der Waals surface area contributed by atoms with Crippen molar-refractivity contribution in [3.8, 4) is 11.8 Å². The third-order valence-electron chi connectivity index (χ3n) is 4.64. The van der Waals surface area contributed by atoms with Gasteiger partial charge in [-0.25, -0.2) is 0 Å². The number of aromatic nitrogens is 2. The largest absolute Gasteiger partial charge is 0.490 e. The Morgan fingerprint density at radius 1 is 1.12 bits per heavy atom. The maximum absolute atomic E-state index is 11.3. The second-order valence-electron chi connectivity index (χ2n) is 6.45. The monoisotopic (exact) mass is 348 g/mol. The van der Waals surface area contributed by atoms with Crippen LogP contribution < -0.4 is 15.0 Å². The zero-order chi connectivity index (χ0) is 17.9. The van der Waals surface area contributed by atoms with Gasteiger partial charge in [0.25, 0.3) is 11.6 Å². The Morgan fingerprint density at radius 3 is 2.62 bits per heavy atom. The predicted octanol–water partition coefficient (Wildman–Crippen LogP) is 3.24. The Bertz CT molecular complexity index is 935. The second-order valence-corrected chi connectivity index (χ2v) is 6.45. The molecule has 0 N–H and O–H groups in total. The minimum Gasteiger partial charge on any atom is -0.490 e. The summed E-state index contributed by atoms with van der Waals surface area (Å²) >= 11 is 0. The van der Waals surface area contributed by atoms with Crippen LogP contribution in [0, 0.1) is 0 Å². The minimum atomic E-state index is -0.291. The van der Waals surface area contributed by atoms with E-state index in [4.69, 9.17) is 9.47 Å². The standard InChI is InChI=1S/C21H20N2O3/c1-15(16-5-3-2-4-6-16)17-7-9-18(10-8-17)25-14-19-13-23-12-11-20(24)22-21(23)26-19/h2-12,15,19H,13-14H2,1H3. The average molecular weight is 348 g/mol. The third-order valence-corrected chi connectivity index (χ3v) is 4.64. The number of hydrogen-bond donors (Lipinski definition) is 0. The van der Waals surface area contributed by atoms with Crippen molar-refractivity contribution >= 4 is 0 Å².